The minimum Gasteiger partial charge on any atom is -0.478 e. The number of anilines is 1. The van der Waals surface area contributed by atoms with E-state index < -0.39 is 17.7 Å². The van der Waals surface area contributed by atoms with Crippen molar-refractivity contribution in [3.8, 4) is 0 Å². The maximum Gasteiger partial charge on any atom is 0.412 e. The quantitative estimate of drug-likeness (QED) is 0.578. The van der Waals surface area contributed by atoms with E-state index in [1.165, 1.54) is 0 Å². The summed E-state index contributed by atoms with van der Waals surface area (Å²) in [4.78, 5) is 31.2. The fourth-order valence-electron chi connectivity index (χ4n) is 2.76. The molecular formula is C21H21N3O4. The Labute approximate surface area is 162 Å². The molecule has 0 atom stereocenters. The maximum atomic E-state index is 12.2. The Balaban J connectivity index is 2.05. The molecule has 7 nitrogen and oxygen atoms in total. The number of ether oxygens (including phenoxy) is 1. The van der Waals surface area contributed by atoms with E-state index in [1.54, 1.807) is 69.6 Å². The van der Waals surface area contributed by atoms with Crippen molar-refractivity contribution in [2.45, 2.75) is 26.4 Å². The highest BCUT2D eigenvalue weighted by Crippen LogP contribution is 2.29. The number of nitrogens with one attached hydrogen (secondary N) is 2. The van der Waals surface area contributed by atoms with Crippen LogP contribution in [0, 0.1) is 0 Å². The van der Waals surface area contributed by atoms with E-state index >= 15 is 0 Å². The minimum atomic E-state index is -1.05. The number of rotatable bonds is 4. The largest absolute Gasteiger partial charge is 0.478 e. The third-order valence-electron chi connectivity index (χ3n) is 3.85. The summed E-state index contributed by atoms with van der Waals surface area (Å²) in [6.45, 7) is 5.33. The molecule has 0 spiro atoms. The second-order valence-electron chi connectivity index (χ2n) is 7.18. The molecular weight excluding hydrogens is 358 g/mol. The lowest BCUT2D eigenvalue weighted by Gasteiger charge is -2.19. The number of aromatic nitrogens is 2. The number of nitrogens with zero attached hydrogens (tertiary/aromatic N) is 1. The zero-order valence-corrected chi connectivity index (χ0v) is 15.8. The summed E-state index contributed by atoms with van der Waals surface area (Å²) in [5, 5.41) is 13.0. The van der Waals surface area contributed by atoms with Gasteiger partial charge in [0.05, 0.1) is 11.3 Å². The standard InChI is InChI=1S/C21H21N3O4/c1-21(2,3)28-20(27)24-16-9-10-22-18-17(16)14(12-23-18)11-15(19(25)26)13-7-5-4-6-8-13/h4-12H,1-3H3,(H,25,26)(H2,22,23,24,27). The van der Waals surface area contributed by atoms with Crippen LogP contribution in [-0.4, -0.2) is 32.7 Å². The first-order chi connectivity index (χ1) is 13.2. The van der Waals surface area contributed by atoms with Crippen molar-refractivity contribution in [3.05, 3.63) is 59.9 Å². The van der Waals surface area contributed by atoms with Gasteiger partial charge in [-0.3, -0.25) is 5.32 Å². The Morgan fingerprint density at radius 2 is 1.89 bits per heavy atom. The number of H-pyrrole nitrogens is 1. The van der Waals surface area contributed by atoms with Crippen LogP contribution in [0.5, 0.6) is 0 Å². The summed E-state index contributed by atoms with van der Waals surface area (Å²) >= 11 is 0. The van der Waals surface area contributed by atoms with Crippen LogP contribution in [0.15, 0.2) is 48.8 Å². The van der Waals surface area contributed by atoms with E-state index in [0.29, 0.717) is 27.8 Å². The molecule has 0 unspecified atom stereocenters. The predicted molar refractivity (Wildman–Crippen MR) is 108 cm³/mol. The van der Waals surface area contributed by atoms with Crippen LogP contribution >= 0.6 is 0 Å². The number of aromatic amines is 1. The lowest BCUT2D eigenvalue weighted by Crippen LogP contribution is -2.27. The summed E-state index contributed by atoms with van der Waals surface area (Å²) in [5.74, 6) is -1.05. The van der Waals surface area contributed by atoms with Gasteiger partial charge in [0.25, 0.3) is 0 Å². The fraction of sp³-hybridized carbons (Fsp3) is 0.190. The first-order valence-electron chi connectivity index (χ1n) is 8.71. The Morgan fingerprint density at radius 1 is 1.18 bits per heavy atom. The van der Waals surface area contributed by atoms with Gasteiger partial charge in [-0.05, 0) is 38.5 Å². The van der Waals surface area contributed by atoms with Crippen molar-refractivity contribution < 1.29 is 19.4 Å². The molecule has 0 saturated heterocycles. The Hall–Kier alpha value is -3.61. The average Bonchev–Trinajstić information content (AvgIpc) is 3.02. The monoisotopic (exact) mass is 379 g/mol. The molecule has 28 heavy (non-hydrogen) atoms. The molecule has 3 rings (SSSR count). The summed E-state index contributed by atoms with van der Waals surface area (Å²) in [7, 11) is 0. The van der Waals surface area contributed by atoms with E-state index in [4.69, 9.17) is 4.74 Å². The number of carboxylic acid groups (broad SMARTS) is 1. The van der Waals surface area contributed by atoms with Crippen molar-refractivity contribution >= 4 is 40.4 Å². The number of amides is 1. The first-order valence-corrected chi connectivity index (χ1v) is 8.71. The first kappa shape index (κ1) is 19.2. The molecule has 7 heteroatoms. The van der Waals surface area contributed by atoms with Crippen LogP contribution in [0.2, 0.25) is 0 Å². The molecule has 0 aliphatic heterocycles. The number of benzene rings is 1. The van der Waals surface area contributed by atoms with E-state index in [0.717, 1.165) is 0 Å². The molecule has 1 amide bonds. The molecule has 0 radical (unpaired) electrons. The SMILES string of the molecule is CC(C)(C)OC(=O)Nc1ccnc2[nH]cc(C=C(C(=O)O)c3ccccc3)c12. The van der Waals surface area contributed by atoms with Crippen LogP contribution in [0.25, 0.3) is 22.7 Å². The van der Waals surface area contributed by atoms with Crippen LogP contribution in [-0.2, 0) is 9.53 Å². The fourth-order valence-corrected chi connectivity index (χ4v) is 2.76. The molecule has 0 saturated carbocycles. The van der Waals surface area contributed by atoms with E-state index in [9.17, 15) is 14.7 Å². The highest BCUT2D eigenvalue weighted by molar-refractivity contribution is 6.22. The lowest BCUT2D eigenvalue weighted by molar-refractivity contribution is -0.130. The topological polar surface area (TPSA) is 104 Å². The van der Waals surface area contributed by atoms with Crippen LogP contribution in [0.4, 0.5) is 10.5 Å². The number of hydrogen-bond acceptors (Lipinski definition) is 4. The number of carboxylic acids is 1. The van der Waals surface area contributed by atoms with Gasteiger partial charge in [0, 0.05) is 23.3 Å². The zero-order chi connectivity index (χ0) is 20.3. The van der Waals surface area contributed by atoms with Gasteiger partial charge < -0.3 is 14.8 Å². The summed E-state index contributed by atoms with van der Waals surface area (Å²) in [6, 6.07) is 10.5. The van der Waals surface area contributed by atoms with Crippen molar-refractivity contribution in [3.63, 3.8) is 0 Å². The average molecular weight is 379 g/mol. The van der Waals surface area contributed by atoms with Crippen LogP contribution in [0.1, 0.15) is 31.9 Å². The molecule has 2 heterocycles. The Morgan fingerprint density at radius 3 is 2.54 bits per heavy atom. The van der Waals surface area contributed by atoms with Gasteiger partial charge in [-0.2, -0.15) is 0 Å². The van der Waals surface area contributed by atoms with E-state index in [2.05, 4.69) is 15.3 Å². The number of pyridine rings is 1. The van der Waals surface area contributed by atoms with Crippen LogP contribution in [0.3, 0.4) is 0 Å². The van der Waals surface area contributed by atoms with Gasteiger partial charge in [0.2, 0.25) is 0 Å². The van der Waals surface area contributed by atoms with Crippen LogP contribution < -0.4 is 5.32 Å². The molecule has 3 N–H and O–H groups in total. The molecule has 144 valence electrons. The van der Waals surface area contributed by atoms with E-state index in [1.807, 2.05) is 6.07 Å². The van der Waals surface area contributed by atoms with Gasteiger partial charge in [-0.1, -0.05) is 30.3 Å². The van der Waals surface area contributed by atoms with Crippen molar-refractivity contribution in [1.82, 2.24) is 9.97 Å². The molecule has 3 aromatic rings. The molecule has 0 aliphatic rings. The third-order valence-corrected chi connectivity index (χ3v) is 3.85. The normalized spacial score (nSPS) is 12.0. The molecule has 2 aromatic heterocycles. The maximum absolute atomic E-state index is 12.2. The Kier molecular flexibility index (Phi) is 5.17. The number of aliphatic carboxylic acids is 1. The van der Waals surface area contributed by atoms with Gasteiger partial charge in [0.1, 0.15) is 11.2 Å². The second kappa shape index (κ2) is 7.56. The van der Waals surface area contributed by atoms with Gasteiger partial charge in [-0.25, -0.2) is 14.6 Å². The van der Waals surface area contributed by atoms with Crippen molar-refractivity contribution in [2.24, 2.45) is 0 Å². The number of carbonyl (C=O) groups excluding carboxylic acids is 1. The van der Waals surface area contributed by atoms with Gasteiger partial charge in [-0.15, -0.1) is 0 Å². The highest BCUT2D eigenvalue weighted by Gasteiger charge is 2.19. The number of carbonyl (C=O) groups is 2. The molecule has 0 aliphatic carbocycles. The zero-order valence-electron chi connectivity index (χ0n) is 15.8. The van der Waals surface area contributed by atoms with Gasteiger partial charge >= 0.3 is 12.1 Å². The summed E-state index contributed by atoms with van der Waals surface area (Å²) < 4.78 is 5.31. The molecule has 0 fully saturated rings. The molecule has 1 aromatic carbocycles. The Bertz CT molecular complexity index is 1050. The summed E-state index contributed by atoms with van der Waals surface area (Å²) in [6.07, 6.45) is 4.16. The number of fused-ring (bicyclic) bond motifs is 1. The highest BCUT2D eigenvalue weighted by atomic mass is 16.6. The summed E-state index contributed by atoms with van der Waals surface area (Å²) in [5.41, 5.74) is 1.67. The van der Waals surface area contributed by atoms with E-state index in [-0.39, 0.29) is 5.57 Å². The third kappa shape index (κ3) is 4.37. The predicted octanol–water partition coefficient (Wildman–Crippen LogP) is 4.54. The number of hydrogen-bond donors (Lipinski definition) is 3. The van der Waals surface area contributed by atoms with Gasteiger partial charge in [0.15, 0.2) is 0 Å². The molecule has 0 bridgehead atoms. The van der Waals surface area contributed by atoms with Crippen molar-refractivity contribution in [2.75, 3.05) is 5.32 Å². The second-order valence-corrected chi connectivity index (χ2v) is 7.18. The lowest BCUT2D eigenvalue weighted by atomic mass is 10.0. The van der Waals surface area contributed by atoms with Crippen molar-refractivity contribution in [1.29, 1.82) is 0 Å². The minimum absolute atomic E-state index is 0.133. The smallest absolute Gasteiger partial charge is 0.412 e.